The van der Waals surface area contributed by atoms with Crippen LogP contribution in [0.3, 0.4) is 0 Å². The fourth-order valence-corrected chi connectivity index (χ4v) is 3.12. The minimum Gasteiger partial charge on any atom is -0.497 e. The minimum absolute atomic E-state index is 0.196. The molecule has 2 heterocycles. The molecular formula is C20H19N3O4. The van der Waals surface area contributed by atoms with Crippen LogP contribution >= 0.6 is 0 Å². The van der Waals surface area contributed by atoms with E-state index in [1.165, 1.54) is 0 Å². The maximum Gasteiger partial charge on any atom is 0.335 e. The first kappa shape index (κ1) is 17.2. The largest absolute Gasteiger partial charge is 0.497 e. The summed E-state index contributed by atoms with van der Waals surface area (Å²) in [5.41, 5.74) is 3.10. The lowest BCUT2D eigenvalue weighted by Crippen LogP contribution is -2.37. The highest BCUT2D eigenvalue weighted by molar-refractivity contribution is 5.93. The Hall–Kier alpha value is -3.19. The van der Waals surface area contributed by atoms with E-state index in [-0.39, 0.29) is 5.56 Å². The van der Waals surface area contributed by atoms with Gasteiger partial charge in [-0.05, 0) is 42.5 Å². The van der Waals surface area contributed by atoms with E-state index in [9.17, 15) is 9.90 Å². The average molecular weight is 365 g/mol. The number of hydrogen-bond donors (Lipinski definition) is 1. The van der Waals surface area contributed by atoms with E-state index in [1.54, 1.807) is 25.3 Å². The Morgan fingerprint density at radius 1 is 1.07 bits per heavy atom. The fourth-order valence-electron chi connectivity index (χ4n) is 3.12. The molecule has 1 aliphatic rings. The number of carbonyl (C=O) groups is 1. The Bertz CT molecular complexity index is 982. The molecule has 7 nitrogen and oxygen atoms in total. The molecule has 0 aliphatic carbocycles. The number of ether oxygens (including phenoxy) is 2. The van der Waals surface area contributed by atoms with Gasteiger partial charge in [-0.3, -0.25) is 0 Å². The summed E-state index contributed by atoms with van der Waals surface area (Å²) >= 11 is 0. The minimum atomic E-state index is -0.981. The number of hydrogen-bond acceptors (Lipinski definition) is 6. The van der Waals surface area contributed by atoms with Gasteiger partial charge in [-0.2, -0.15) is 0 Å². The summed E-state index contributed by atoms with van der Waals surface area (Å²) in [7, 11) is 1.63. The summed E-state index contributed by atoms with van der Waals surface area (Å²) in [6, 6.07) is 12.5. The molecule has 0 radical (unpaired) electrons. The van der Waals surface area contributed by atoms with Crippen molar-refractivity contribution >= 4 is 22.8 Å². The van der Waals surface area contributed by atoms with E-state index >= 15 is 0 Å². The number of nitrogens with zero attached hydrogens (tertiary/aromatic N) is 3. The van der Waals surface area contributed by atoms with E-state index in [4.69, 9.17) is 19.4 Å². The molecule has 2 aromatic carbocycles. The van der Waals surface area contributed by atoms with Gasteiger partial charge in [-0.15, -0.1) is 0 Å². The van der Waals surface area contributed by atoms with Crippen LogP contribution in [-0.2, 0) is 4.74 Å². The lowest BCUT2D eigenvalue weighted by molar-refractivity contribution is 0.0697. The van der Waals surface area contributed by atoms with Crippen molar-refractivity contribution in [3.8, 4) is 17.0 Å². The van der Waals surface area contributed by atoms with Crippen molar-refractivity contribution in [2.24, 2.45) is 0 Å². The summed E-state index contributed by atoms with van der Waals surface area (Å²) in [5, 5.41) is 9.26. The van der Waals surface area contributed by atoms with E-state index in [0.29, 0.717) is 37.3 Å². The first-order valence-corrected chi connectivity index (χ1v) is 8.68. The van der Waals surface area contributed by atoms with Crippen molar-refractivity contribution in [1.82, 2.24) is 9.97 Å². The molecule has 27 heavy (non-hydrogen) atoms. The molecule has 0 amide bonds. The first-order valence-electron chi connectivity index (χ1n) is 8.68. The summed E-state index contributed by atoms with van der Waals surface area (Å²) in [5.74, 6) is 0.524. The van der Waals surface area contributed by atoms with Gasteiger partial charge in [0.15, 0.2) is 5.82 Å². The van der Waals surface area contributed by atoms with Crippen LogP contribution in [0.2, 0.25) is 0 Å². The van der Waals surface area contributed by atoms with E-state index in [2.05, 4.69) is 4.90 Å². The SMILES string of the molecule is COc1ccc(-c2nc3ccc(C(=O)O)cc3nc2N2CCOCC2)cc1. The van der Waals surface area contributed by atoms with Crippen LogP contribution in [0, 0.1) is 0 Å². The quantitative estimate of drug-likeness (QED) is 0.761. The van der Waals surface area contributed by atoms with Gasteiger partial charge < -0.3 is 19.5 Å². The predicted octanol–water partition coefficient (Wildman–Crippen LogP) is 2.84. The molecule has 1 saturated heterocycles. The van der Waals surface area contributed by atoms with Crippen LogP contribution in [0.5, 0.6) is 5.75 Å². The van der Waals surface area contributed by atoms with Gasteiger partial charge in [0.2, 0.25) is 0 Å². The second-order valence-corrected chi connectivity index (χ2v) is 6.23. The maximum atomic E-state index is 11.3. The molecule has 1 aliphatic heterocycles. The normalized spacial score (nSPS) is 14.3. The number of morpholine rings is 1. The van der Waals surface area contributed by atoms with Crippen molar-refractivity contribution < 1.29 is 19.4 Å². The molecule has 1 N–H and O–H groups in total. The summed E-state index contributed by atoms with van der Waals surface area (Å²) in [6.07, 6.45) is 0. The molecule has 1 fully saturated rings. The monoisotopic (exact) mass is 365 g/mol. The molecule has 4 rings (SSSR count). The van der Waals surface area contributed by atoms with Crippen molar-refractivity contribution in [2.75, 3.05) is 38.3 Å². The van der Waals surface area contributed by atoms with Gasteiger partial charge in [0.1, 0.15) is 11.4 Å². The van der Waals surface area contributed by atoms with Crippen molar-refractivity contribution in [2.45, 2.75) is 0 Å². The first-order chi connectivity index (χ1) is 13.2. The highest BCUT2D eigenvalue weighted by atomic mass is 16.5. The molecule has 1 aromatic heterocycles. The van der Waals surface area contributed by atoms with Crippen LogP contribution in [0.25, 0.3) is 22.3 Å². The van der Waals surface area contributed by atoms with Gasteiger partial charge in [0.25, 0.3) is 0 Å². The average Bonchev–Trinajstić information content (AvgIpc) is 2.73. The van der Waals surface area contributed by atoms with Gasteiger partial charge in [-0.25, -0.2) is 14.8 Å². The van der Waals surface area contributed by atoms with Crippen molar-refractivity contribution in [1.29, 1.82) is 0 Å². The van der Waals surface area contributed by atoms with Gasteiger partial charge in [0, 0.05) is 18.7 Å². The number of methoxy groups -OCH3 is 1. The van der Waals surface area contributed by atoms with E-state index in [0.717, 1.165) is 22.8 Å². The standard InChI is InChI=1S/C20H19N3O4/c1-26-15-5-2-13(3-6-15)18-19(23-8-10-27-11-9-23)22-17-12-14(20(24)25)4-7-16(17)21-18/h2-7,12H,8-11H2,1H3,(H,24,25). The molecule has 138 valence electrons. The lowest BCUT2D eigenvalue weighted by atomic mass is 10.1. The second-order valence-electron chi connectivity index (χ2n) is 6.23. The number of anilines is 1. The zero-order chi connectivity index (χ0) is 18.8. The summed E-state index contributed by atoms with van der Waals surface area (Å²) in [6.45, 7) is 2.66. The molecular weight excluding hydrogens is 346 g/mol. The number of rotatable bonds is 4. The zero-order valence-corrected chi connectivity index (χ0v) is 14.9. The van der Waals surface area contributed by atoms with Crippen LogP contribution in [-0.4, -0.2) is 54.5 Å². The molecule has 3 aromatic rings. The number of carboxylic acids is 1. The third-order valence-electron chi connectivity index (χ3n) is 4.57. The topological polar surface area (TPSA) is 84.8 Å². The van der Waals surface area contributed by atoms with E-state index in [1.807, 2.05) is 24.3 Å². The van der Waals surface area contributed by atoms with Gasteiger partial charge >= 0.3 is 5.97 Å². The number of fused-ring (bicyclic) bond motifs is 1. The second kappa shape index (κ2) is 7.20. The molecule has 0 bridgehead atoms. The van der Waals surface area contributed by atoms with E-state index < -0.39 is 5.97 Å². The van der Waals surface area contributed by atoms with Crippen molar-refractivity contribution in [3.05, 3.63) is 48.0 Å². The maximum absolute atomic E-state index is 11.3. The summed E-state index contributed by atoms with van der Waals surface area (Å²) in [4.78, 5) is 23.0. The Balaban J connectivity index is 1.88. The van der Waals surface area contributed by atoms with Gasteiger partial charge in [-0.1, -0.05) is 0 Å². The highest BCUT2D eigenvalue weighted by Gasteiger charge is 2.20. The number of aromatic carboxylic acids is 1. The smallest absolute Gasteiger partial charge is 0.335 e. The zero-order valence-electron chi connectivity index (χ0n) is 14.9. The third kappa shape index (κ3) is 3.41. The van der Waals surface area contributed by atoms with Crippen LogP contribution in [0.15, 0.2) is 42.5 Å². The Kier molecular flexibility index (Phi) is 4.60. The van der Waals surface area contributed by atoms with Gasteiger partial charge in [0.05, 0.1) is 36.9 Å². The third-order valence-corrected chi connectivity index (χ3v) is 4.57. The highest BCUT2D eigenvalue weighted by Crippen LogP contribution is 2.31. The predicted molar refractivity (Wildman–Crippen MR) is 102 cm³/mol. The van der Waals surface area contributed by atoms with Crippen LogP contribution in [0.1, 0.15) is 10.4 Å². The number of benzene rings is 2. The molecule has 0 saturated carbocycles. The molecule has 0 spiro atoms. The Morgan fingerprint density at radius 2 is 1.81 bits per heavy atom. The fraction of sp³-hybridized carbons (Fsp3) is 0.250. The molecule has 7 heteroatoms. The Labute approximate surface area is 156 Å². The Morgan fingerprint density at radius 3 is 2.48 bits per heavy atom. The molecule has 0 unspecified atom stereocenters. The number of carboxylic acid groups (broad SMARTS) is 1. The van der Waals surface area contributed by atoms with Crippen LogP contribution < -0.4 is 9.64 Å². The molecule has 0 atom stereocenters. The summed E-state index contributed by atoms with van der Waals surface area (Å²) < 4.78 is 10.7. The van der Waals surface area contributed by atoms with Crippen LogP contribution in [0.4, 0.5) is 5.82 Å². The lowest BCUT2D eigenvalue weighted by Gasteiger charge is -2.29. The number of aromatic nitrogens is 2. The van der Waals surface area contributed by atoms with Crippen molar-refractivity contribution in [3.63, 3.8) is 0 Å².